The average molecular weight is 371 g/mol. The second kappa shape index (κ2) is 8.23. The molecule has 7 heteroatoms. The van der Waals surface area contributed by atoms with Crippen LogP contribution in [0.4, 0.5) is 5.95 Å². The molecule has 27 heavy (non-hydrogen) atoms. The molecule has 2 saturated heterocycles. The van der Waals surface area contributed by atoms with Crippen LogP contribution in [0.5, 0.6) is 0 Å². The molecule has 0 spiro atoms. The lowest BCUT2D eigenvalue weighted by Crippen LogP contribution is -2.55. The molecule has 0 N–H and O–H groups in total. The summed E-state index contributed by atoms with van der Waals surface area (Å²) in [6.45, 7) is 3.54. The fourth-order valence-electron chi connectivity index (χ4n) is 4.66. The lowest BCUT2D eigenvalue weighted by Gasteiger charge is -2.38. The second-order valence-electron chi connectivity index (χ2n) is 7.89. The van der Waals surface area contributed by atoms with Gasteiger partial charge in [-0.2, -0.15) is 0 Å². The quantitative estimate of drug-likeness (QED) is 0.809. The number of anilines is 1. The van der Waals surface area contributed by atoms with Gasteiger partial charge in [0.1, 0.15) is 6.04 Å². The second-order valence-corrected chi connectivity index (χ2v) is 7.89. The molecule has 1 unspecified atom stereocenters. The predicted molar refractivity (Wildman–Crippen MR) is 102 cm³/mol. The van der Waals surface area contributed by atoms with Gasteiger partial charge >= 0.3 is 0 Å². The molecule has 2 aliphatic heterocycles. The molecule has 1 aromatic rings. The lowest BCUT2D eigenvalue weighted by atomic mass is 9.88. The molecule has 3 aliphatic rings. The highest BCUT2D eigenvalue weighted by atomic mass is 16.2. The van der Waals surface area contributed by atoms with E-state index in [0.717, 1.165) is 64.1 Å². The molecular weight excluding hydrogens is 342 g/mol. The van der Waals surface area contributed by atoms with E-state index in [9.17, 15) is 9.59 Å². The van der Waals surface area contributed by atoms with Crippen LogP contribution < -0.4 is 4.90 Å². The van der Waals surface area contributed by atoms with E-state index < -0.39 is 0 Å². The molecule has 0 bridgehead atoms. The molecule has 1 atom stereocenters. The molecule has 3 fully saturated rings. The third-order valence-corrected chi connectivity index (χ3v) is 6.20. The molecule has 4 rings (SSSR count). The van der Waals surface area contributed by atoms with Gasteiger partial charge in [0, 0.05) is 51.0 Å². The van der Waals surface area contributed by atoms with Gasteiger partial charge < -0.3 is 14.7 Å². The van der Waals surface area contributed by atoms with Crippen LogP contribution in [0.2, 0.25) is 0 Å². The molecule has 3 heterocycles. The number of nitrogens with zero attached hydrogens (tertiary/aromatic N) is 5. The summed E-state index contributed by atoms with van der Waals surface area (Å²) in [6, 6.07) is 1.56. The van der Waals surface area contributed by atoms with Crippen molar-refractivity contribution in [3.05, 3.63) is 18.5 Å². The highest BCUT2D eigenvalue weighted by Crippen LogP contribution is 2.29. The number of hydrogen-bond donors (Lipinski definition) is 0. The molecule has 146 valence electrons. The molecule has 2 amide bonds. The first-order valence-corrected chi connectivity index (χ1v) is 10.4. The Hall–Kier alpha value is -2.18. The van der Waals surface area contributed by atoms with E-state index in [0.29, 0.717) is 13.1 Å². The SMILES string of the molecule is O=C(C1CCCN1C(=O)C1CCCCC1)N1CCN(c2ncccn2)CC1. The Labute approximate surface area is 160 Å². The largest absolute Gasteiger partial charge is 0.337 e. The van der Waals surface area contributed by atoms with E-state index >= 15 is 0 Å². The molecular formula is C20H29N5O2. The van der Waals surface area contributed by atoms with Crippen LogP contribution in [-0.2, 0) is 9.59 Å². The summed E-state index contributed by atoms with van der Waals surface area (Å²) in [5, 5.41) is 0. The van der Waals surface area contributed by atoms with E-state index in [1.54, 1.807) is 18.5 Å². The van der Waals surface area contributed by atoms with Crippen molar-refractivity contribution >= 4 is 17.8 Å². The first kappa shape index (κ1) is 18.2. The summed E-state index contributed by atoms with van der Waals surface area (Å²) in [5.74, 6) is 1.21. The van der Waals surface area contributed by atoms with Crippen LogP contribution >= 0.6 is 0 Å². The van der Waals surface area contributed by atoms with Crippen LogP contribution in [0.1, 0.15) is 44.9 Å². The Balaban J connectivity index is 1.35. The zero-order valence-corrected chi connectivity index (χ0v) is 15.9. The molecule has 1 saturated carbocycles. The third-order valence-electron chi connectivity index (χ3n) is 6.20. The van der Waals surface area contributed by atoms with Gasteiger partial charge in [0.05, 0.1) is 0 Å². The number of piperazine rings is 1. The smallest absolute Gasteiger partial charge is 0.245 e. The Bertz CT molecular complexity index is 654. The molecule has 0 aromatic carbocycles. The zero-order chi connectivity index (χ0) is 18.6. The van der Waals surface area contributed by atoms with Gasteiger partial charge in [-0.1, -0.05) is 19.3 Å². The highest BCUT2D eigenvalue weighted by Gasteiger charge is 2.39. The molecule has 1 aromatic heterocycles. The van der Waals surface area contributed by atoms with Crippen LogP contribution in [0, 0.1) is 5.92 Å². The maximum atomic E-state index is 13.1. The fraction of sp³-hybridized carbons (Fsp3) is 0.700. The van der Waals surface area contributed by atoms with E-state index in [-0.39, 0.29) is 23.8 Å². The normalized spacial score (nSPS) is 24.3. The highest BCUT2D eigenvalue weighted by molar-refractivity contribution is 5.89. The van der Waals surface area contributed by atoms with Crippen molar-refractivity contribution in [3.63, 3.8) is 0 Å². The van der Waals surface area contributed by atoms with E-state index in [1.807, 2.05) is 9.80 Å². The Morgan fingerprint density at radius 3 is 2.22 bits per heavy atom. The number of hydrogen-bond acceptors (Lipinski definition) is 5. The summed E-state index contributed by atoms with van der Waals surface area (Å²) in [5.41, 5.74) is 0. The van der Waals surface area contributed by atoms with Gasteiger partial charge in [0.25, 0.3) is 0 Å². The standard InChI is InChI=1S/C20H29N5O2/c26-18(16-6-2-1-3-7-16)25-11-4-8-17(25)19(27)23-12-14-24(15-13-23)20-21-9-5-10-22-20/h5,9-10,16-17H,1-4,6-8,11-15H2. The topological polar surface area (TPSA) is 69.6 Å². The van der Waals surface area contributed by atoms with Crippen molar-refractivity contribution in [2.24, 2.45) is 5.92 Å². The van der Waals surface area contributed by atoms with Crippen LogP contribution in [0.25, 0.3) is 0 Å². The number of likely N-dealkylation sites (tertiary alicyclic amines) is 1. The number of amides is 2. The van der Waals surface area contributed by atoms with Crippen molar-refractivity contribution in [2.45, 2.75) is 51.0 Å². The van der Waals surface area contributed by atoms with Crippen molar-refractivity contribution < 1.29 is 9.59 Å². The minimum absolute atomic E-state index is 0.130. The van der Waals surface area contributed by atoms with Gasteiger partial charge in [0.2, 0.25) is 17.8 Å². The van der Waals surface area contributed by atoms with Crippen LogP contribution in [0.3, 0.4) is 0 Å². The zero-order valence-electron chi connectivity index (χ0n) is 15.9. The van der Waals surface area contributed by atoms with Crippen molar-refractivity contribution in [1.82, 2.24) is 19.8 Å². The maximum Gasteiger partial charge on any atom is 0.245 e. The van der Waals surface area contributed by atoms with Crippen molar-refractivity contribution in [2.75, 3.05) is 37.6 Å². The van der Waals surface area contributed by atoms with Crippen LogP contribution in [0.15, 0.2) is 18.5 Å². The van der Waals surface area contributed by atoms with E-state index in [4.69, 9.17) is 0 Å². The average Bonchev–Trinajstić information content (AvgIpc) is 3.24. The fourth-order valence-corrected chi connectivity index (χ4v) is 4.66. The number of carbonyl (C=O) groups is 2. The Kier molecular flexibility index (Phi) is 5.55. The summed E-state index contributed by atoms with van der Waals surface area (Å²) >= 11 is 0. The number of carbonyl (C=O) groups excluding carboxylic acids is 2. The van der Waals surface area contributed by atoms with Crippen molar-refractivity contribution in [1.29, 1.82) is 0 Å². The number of rotatable bonds is 3. The summed E-state index contributed by atoms with van der Waals surface area (Å²) < 4.78 is 0. The van der Waals surface area contributed by atoms with Gasteiger partial charge in [-0.15, -0.1) is 0 Å². The molecule has 1 aliphatic carbocycles. The Morgan fingerprint density at radius 1 is 0.815 bits per heavy atom. The summed E-state index contributed by atoms with van der Waals surface area (Å²) in [7, 11) is 0. The maximum absolute atomic E-state index is 13.1. The minimum atomic E-state index is -0.251. The minimum Gasteiger partial charge on any atom is -0.337 e. The molecule has 7 nitrogen and oxygen atoms in total. The Morgan fingerprint density at radius 2 is 1.52 bits per heavy atom. The van der Waals surface area contributed by atoms with Gasteiger partial charge in [0.15, 0.2) is 0 Å². The van der Waals surface area contributed by atoms with Crippen molar-refractivity contribution in [3.8, 4) is 0 Å². The lowest BCUT2D eigenvalue weighted by molar-refractivity contribution is -0.146. The first-order valence-electron chi connectivity index (χ1n) is 10.4. The third kappa shape index (κ3) is 3.92. The van der Waals surface area contributed by atoms with Crippen LogP contribution in [-0.4, -0.2) is 70.3 Å². The first-order chi connectivity index (χ1) is 13.2. The predicted octanol–water partition coefficient (Wildman–Crippen LogP) is 1.70. The molecule has 0 radical (unpaired) electrons. The number of aromatic nitrogens is 2. The van der Waals surface area contributed by atoms with Gasteiger partial charge in [-0.3, -0.25) is 9.59 Å². The summed E-state index contributed by atoms with van der Waals surface area (Å²) in [6.07, 6.45) is 10.7. The monoisotopic (exact) mass is 371 g/mol. The summed E-state index contributed by atoms with van der Waals surface area (Å²) in [4.78, 5) is 40.6. The van der Waals surface area contributed by atoms with Gasteiger partial charge in [-0.05, 0) is 31.7 Å². The van der Waals surface area contributed by atoms with E-state index in [2.05, 4.69) is 14.9 Å². The van der Waals surface area contributed by atoms with E-state index in [1.165, 1.54) is 6.42 Å². The van der Waals surface area contributed by atoms with Gasteiger partial charge in [-0.25, -0.2) is 9.97 Å².